The third kappa shape index (κ3) is 3.58. The molecule has 1 fully saturated rings. The van der Waals surface area contributed by atoms with Gasteiger partial charge in [-0.15, -0.1) is 0 Å². The molecule has 0 saturated carbocycles. The van der Waals surface area contributed by atoms with Crippen LogP contribution in [0, 0.1) is 0 Å². The van der Waals surface area contributed by atoms with Crippen molar-refractivity contribution in [3.63, 3.8) is 0 Å². The van der Waals surface area contributed by atoms with Crippen LogP contribution < -0.4 is 4.90 Å². The predicted molar refractivity (Wildman–Crippen MR) is 85.3 cm³/mol. The van der Waals surface area contributed by atoms with E-state index in [1.54, 1.807) is 0 Å². The molecule has 0 radical (unpaired) electrons. The SMILES string of the molecule is CCc1cnc(N2CCN(Cc3ccccc3)CC2)nc1. The Hall–Kier alpha value is -1.94. The molecular formula is C17H22N4. The van der Waals surface area contributed by atoms with Gasteiger partial charge in [0.1, 0.15) is 0 Å². The largest absolute Gasteiger partial charge is 0.338 e. The average Bonchev–Trinajstić information content (AvgIpc) is 2.57. The van der Waals surface area contributed by atoms with E-state index in [2.05, 4.69) is 57.0 Å². The average molecular weight is 282 g/mol. The van der Waals surface area contributed by atoms with E-state index in [1.165, 1.54) is 11.1 Å². The molecule has 0 atom stereocenters. The number of benzene rings is 1. The lowest BCUT2D eigenvalue weighted by Gasteiger charge is -2.34. The molecule has 1 aliphatic rings. The van der Waals surface area contributed by atoms with Crippen LogP contribution in [0.5, 0.6) is 0 Å². The lowest BCUT2D eigenvalue weighted by molar-refractivity contribution is 0.248. The van der Waals surface area contributed by atoms with Crippen LogP contribution in [0.15, 0.2) is 42.7 Å². The molecule has 110 valence electrons. The van der Waals surface area contributed by atoms with Crippen molar-refractivity contribution in [1.82, 2.24) is 14.9 Å². The molecule has 0 aliphatic carbocycles. The Morgan fingerprint density at radius 3 is 2.19 bits per heavy atom. The topological polar surface area (TPSA) is 32.3 Å². The second-order valence-electron chi connectivity index (χ2n) is 5.49. The fraction of sp³-hybridized carbons (Fsp3) is 0.412. The van der Waals surface area contributed by atoms with Crippen LogP contribution in [0.1, 0.15) is 18.1 Å². The van der Waals surface area contributed by atoms with Crippen molar-refractivity contribution in [2.45, 2.75) is 19.9 Å². The molecule has 4 nitrogen and oxygen atoms in total. The maximum Gasteiger partial charge on any atom is 0.225 e. The van der Waals surface area contributed by atoms with E-state index in [4.69, 9.17) is 0 Å². The normalized spacial score (nSPS) is 16.1. The molecule has 1 saturated heterocycles. The molecule has 1 aromatic carbocycles. The van der Waals surface area contributed by atoms with Gasteiger partial charge in [0.05, 0.1) is 0 Å². The molecule has 4 heteroatoms. The molecule has 0 spiro atoms. The molecule has 0 bridgehead atoms. The lowest BCUT2D eigenvalue weighted by atomic mass is 10.2. The van der Waals surface area contributed by atoms with Crippen molar-refractivity contribution >= 4 is 5.95 Å². The summed E-state index contributed by atoms with van der Waals surface area (Å²) in [7, 11) is 0. The number of piperazine rings is 1. The first-order chi connectivity index (χ1) is 10.3. The standard InChI is InChI=1S/C17H22N4/c1-2-15-12-18-17(19-13-15)21-10-8-20(9-11-21)14-16-6-4-3-5-7-16/h3-7,12-13H,2,8-11,14H2,1H3. The van der Waals surface area contributed by atoms with E-state index in [0.717, 1.165) is 45.1 Å². The van der Waals surface area contributed by atoms with Crippen LogP contribution in [-0.2, 0) is 13.0 Å². The van der Waals surface area contributed by atoms with Crippen molar-refractivity contribution in [1.29, 1.82) is 0 Å². The monoisotopic (exact) mass is 282 g/mol. The van der Waals surface area contributed by atoms with Gasteiger partial charge in [-0.1, -0.05) is 37.3 Å². The number of hydrogen-bond acceptors (Lipinski definition) is 4. The number of hydrogen-bond donors (Lipinski definition) is 0. The molecule has 2 aromatic rings. The summed E-state index contributed by atoms with van der Waals surface area (Å²) in [5.74, 6) is 0.867. The van der Waals surface area contributed by atoms with E-state index in [-0.39, 0.29) is 0 Å². The maximum atomic E-state index is 4.48. The molecule has 1 aromatic heterocycles. The first kappa shape index (κ1) is 14.0. The molecule has 2 heterocycles. The van der Waals surface area contributed by atoms with E-state index in [1.807, 2.05) is 12.4 Å². The Morgan fingerprint density at radius 2 is 1.57 bits per heavy atom. The van der Waals surface area contributed by atoms with Crippen LogP contribution in [0.25, 0.3) is 0 Å². The molecule has 3 rings (SSSR count). The minimum absolute atomic E-state index is 0.867. The number of aryl methyl sites for hydroxylation is 1. The van der Waals surface area contributed by atoms with Gasteiger partial charge in [-0.2, -0.15) is 0 Å². The highest BCUT2D eigenvalue weighted by Gasteiger charge is 2.18. The summed E-state index contributed by atoms with van der Waals surface area (Å²) < 4.78 is 0. The van der Waals surface area contributed by atoms with Crippen molar-refractivity contribution in [2.24, 2.45) is 0 Å². The van der Waals surface area contributed by atoms with Crippen molar-refractivity contribution in [3.8, 4) is 0 Å². The van der Waals surface area contributed by atoms with Gasteiger partial charge in [-0.3, -0.25) is 4.90 Å². The van der Waals surface area contributed by atoms with Crippen LogP contribution in [0.4, 0.5) is 5.95 Å². The first-order valence-corrected chi connectivity index (χ1v) is 7.67. The lowest BCUT2D eigenvalue weighted by Crippen LogP contribution is -2.46. The molecule has 1 aliphatic heterocycles. The van der Waals surface area contributed by atoms with Gasteiger partial charge in [0.2, 0.25) is 5.95 Å². The van der Waals surface area contributed by atoms with Crippen LogP contribution in [0.3, 0.4) is 0 Å². The maximum absolute atomic E-state index is 4.48. The quantitative estimate of drug-likeness (QED) is 0.862. The zero-order chi connectivity index (χ0) is 14.5. The summed E-state index contributed by atoms with van der Waals surface area (Å²) in [6.45, 7) is 7.28. The van der Waals surface area contributed by atoms with Crippen molar-refractivity contribution in [3.05, 3.63) is 53.9 Å². The third-order valence-electron chi connectivity index (χ3n) is 4.00. The fourth-order valence-electron chi connectivity index (χ4n) is 2.64. The first-order valence-electron chi connectivity index (χ1n) is 7.67. The van der Waals surface area contributed by atoms with Gasteiger partial charge >= 0.3 is 0 Å². The predicted octanol–water partition coefficient (Wildman–Crippen LogP) is 2.36. The summed E-state index contributed by atoms with van der Waals surface area (Å²) in [4.78, 5) is 13.7. The van der Waals surface area contributed by atoms with Gasteiger partial charge in [0, 0.05) is 45.1 Å². The number of anilines is 1. The number of nitrogens with zero attached hydrogens (tertiary/aromatic N) is 4. The molecule has 0 amide bonds. The summed E-state index contributed by atoms with van der Waals surface area (Å²) in [6, 6.07) is 10.7. The van der Waals surface area contributed by atoms with Gasteiger partial charge < -0.3 is 4.90 Å². The number of rotatable bonds is 4. The Labute approximate surface area is 126 Å². The van der Waals surface area contributed by atoms with Gasteiger partial charge in [-0.25, -0.2) is 9.97 Å². The Morgan fingerprint density at radius 1 is 0.905 bits per heavy atom. The highest BCUT2D eigenvalue weighted by molar-refractivity contribution is 5.30. The third-order valence-corrected chi connectivity index (χ3v) is 4.00. The molecule has 0 unspecified atom stereocenters. The van der Waals surface area contributed by atoms with E-state index in [0.29, 0.717) is 0 Å². The molecular weight excluding hydrogens is 260 g/mol. The summed E-state index contributed by atoms with van der Waals surface area (Å²) in [5, 5.41) is 0. The van der Waals surface area contributed by atoms with Crippen LogP contribution in [-0.4, -0.2) is 41.0 Å². The van der Waals surface area contributed by atoms with E-state index in [9.17, 15) is 0 Å². The second kappa shape index (κ2) is 6.68. The van der Waals surface area contributed by atoms with E-state index < -0.39 is 0 Å². The Kier molecular flexibility index (Phi) is 4.46. The van der Waals surface area contributed by atoms with Crippen LogP contribution >= 0.6 is 0 Å². The molecule has 0 N–H and O–H groups in total. The van der Waals surface area contributed by atoms with Gasteiger partial charge in [0.25, 0.3) is 0 Å². The van der Waals surface area contributed by atoms with Crippen molar-refractivity contribution < 1.29 is 0 Å². The highest BCUT2D eigenvalue weighted by Crippen LogP contribution is 2.13. The van der Waals surface area contributed by atoms with Gasteiger partial charge in [0.15, 0.2) is 0 Å². The Balaban J connectivity index is 1.54. The Bertz CT molecular complexity index is 545. The second-order valence-corrected chi connectivity index (χ2v) is 5.49. The minimum Gasteiger partial charge on any atom is -0.338 e. The van der Waals surface area contributed by atoms with Crippen LogP contribution in [0.2, 0.25) is 0 Å². The summed E-state index contributed by atoms with van der Waals surface area (Å²) in [6.07, 6.45) is 4.88. The van der Waals surface area contributed by atoms with Crippen molar-refractivity contribution in [2.75, 3.05) is 31.1 Å². The zero-order valence-electron chi connectivity index (χ0n) is 12.6. The fourth-order valence-corrected chi connectivity index (χ4v) is 2.64. The smallest absolute Gasteiger partial charge is 0.225 e. The summed E-state index contributed by atoms with van der Waals surface area (Å²) in [5.41, 5.74) is 2.58. The minimum atomic E-state index is 0.867. The summed E-state index contributed by atoms with van der Waals surface area (Å²) >= 11 is 0. The highest BCUT2D eigenvalue weighted by atomic mass is 15.3. The van der Waals surface area contributed by atoms with E-state index >= 15 is 0 Å². The van der Waals surface area contributed by atoms with Gasteiger partial charge in [-0.05, 0) is 17.5 Å². The molecule has 21 heavy (non-hydrogen) atoms. The number of aromatic nitrogens is 2. The zero-order valence-corrected chi connectivity index (χ0v) is 12.6.